The molecule has 10 aliphatic rings. The average Bonchev–Trinajstić information content (AvgIpc) is 4.30. The Hall–Kier alpha value is -6.56. The van der Waals surface area contributed by atoms with Gasteiger partial charge in [0.25, 0.3) is 17.7 Å². The maximum atomic E-state index is 13.2. The van der Waals surface area contributed by atoms with E-state index >= 15 is 0 Å². The molecule has 10 fully saturated rings. The van der Waals surface area contributed by atoms with Crippen molar-refractivity contribution in [3.8, 4) is 0 Å². The van der Waals surface area contributed by atoms with Crippen molar-refractivity contribution in [2.24, 2.45) is 17.8 Å². The molecular weight excluding hydrogens is 1130 g/mol. The summed E-state index contributed by atoms with van der Waals surface area (Å²) in [5.74, 6) is -2.47. The number of fused-ring (bicyclic) bond motifs is 18. The van der Waals surface area contributed by atoms with Crippen LogP contribution in [0, 0.1) is 37.5 Å². The van der Waals surface area contributed by atoms with E-state index in [2.05, 4.69) is 14.5 Å². The van der Waals surface area contributed by atoms with Crippen LogP contribution in [-0.4, -0.2) is 120 Å². The van der Waals surface area contributed by atoms with Crippen molar-refractivity contribution in [3.63, 3.8) is 0 Å². The smallest absolute Gasteiger partial charge is 0.367 e. The number of anilines is 3. The van der Waals surface area contributed by atoms with E-state index < -0.39 is 140 Å². The minimum Gasteiger partial charge on any atom is -0.367 e. The number of benzene rings is 3. The highest BCUT2D eigenvalue weighted by Crippen LogP contribution is 2.58. The molecule has 7 saturated heterocycles. The summed E-state index contributed by atoms with van der Waals surface area (Å²) in [5, 5.41) is -1.97. The second kappa shape index (κ2) is 17.7. The predicted octanol–water partition coefficient (Wildman–Crippen LogP) is 10.6. The minimum absolute atomic E-state index is 0.0156. The Kier molecular flexibility index (Phi) is 12.1. The number of ether oxygens (including phenoxy) is 1. The molecule has 29 heteroatoms. The van der Waals surface area contributed by atoms with Gasteiger partial charge < -0.3 is 19.4 Å². The lowest BCUT2D eigenvalue weighted by Gasteiger charge is -2.32. The third-order valence-electron chi connectivity index (χ3n) is 15.9. The molecule has 0 aromatic heterocycles. The molecule has 0 radical (unpaired) electrons. The van der Waals surface area contributed by atoms with Crippen LogP contribution < -0.4 is 14.7 Å². The van der Waals surface area contributed by atoms with E-state index in [-0.39, 0.29) is 53.1 Å². The van der Waals surface area contributed by atoms with Crippen molar-refractivity contribution in [2.45, 2.75) is 108 Å². The van der Waals surface area contributed by atoms with E-state index in [9.17, 15) is 68.3 Å². The molecule has 9 amide bonds. The van der Waals surface area contributed by atoms with Gasteiger partial charge in [0.2, 0.25) is 0 Å². The lowest BCUT2D eigenvalue weighted by Crippen LogP contribution is -2.50. The summed E-state index contributed by atoms with van der Waals surface area (Å²) >= 11 is 24.9. The second-order valence-corrected chi connectivity index (χ2v) is 21.6. The third kappa shape index (κ3) is 7.71. The molecule has 13 rings (SSSR count). The van der Waals surface area contributed by atoms with Crippen LogP contribution in [-0.2, 0) is 37.6 Å². The maximum absolute atomic E-state index is 13.2. The number of nitrogens with zero attached hydrogens (tertiary/aromatic N) is 9. The molecule has 7 heterocycles. The van der Waals surface area contributed by atoms with Gasteiger partial charge in [-0.25, -0.2) is 43.6 Å². The van der Waals surface area contributed by atoms with Crippen molar-refractivity contribution in [1.82, 2.24) is 14.7 Å². The van der Waals surface area contributed by atoms with Crippen LogP contribution in [0.1, 0.15) is 36.0 Å². The molecule has 3 aromatic carbocycles. The SMILES string of the molecule is [C-]#[N+]c1ccc(N2C(=O)[C@H]3C4CC([C@@H](Cl)[C@@H]4Cl)N3C2=O)cc1C(F)(F)F.[C-]#[N+]c1ccc(N2C(=O)[C@H]3C4CC([C@H](Cl)[C@H]4Cl)N3C2=O)cc1C(F)(F)F.[C-]#[N+]c1ccc(N2C(=O)[C@H]3C4CC([C@H]5O[C@@H]45)N3C2=O)cc1C(F)(F)F. The molecule has 6 bridgehead atoms. The summed E-state index contributed by atoms with van der Waals surface area (Å²) in [6.45, 7) is 20.6. The molecule has 400 valence electrons. The first-order valence-corrected chi connectivity index (χ1v) is 24.9. The first kappa shape index (κ1) is 52.5. The van der Waals surface area contributed by atoms with Crippen LogP contribution in [0.4, 0.5) is 88.0 Å². The Balaban J connectivity index is 0.000000123. The first-order valence-electron chi connectivity index (χ1n) is 23.1. The number of urea groups is 3. The Morgan fingerprint density at radius 2 is 0.740 bits per heavy atom. The second-order valence-electron chi connectivity index (χ2n) is 19.6. The quantitative estimate of drug-likeness (QED) is 0.0834. The number of rotatable bonds is 3. The highest BCUT2D eigenvalue weighted by molar-refractivity contribution is 6.33. The van der Waals surface area contributed by atoms with Gasteiger partial charge >= 0.3 is 36.6 Å². The topological polar surface area (TPSA) is 147 Å². The van der Waals surface area contributed by atoms with Gasteiger partial charge in [0.1, 0.15) is 24.2 Å². The zero-order valence-corrected chi connectivity index (χ0v) is 41.3. The number of carbonyl (C=O) groups excluding carboxylic acids is 6. The summed E-state index contributed by atoms with van der Waals surface area (Å²) < 4.78 is 124. The number of piperidine rings is 3. The van der Waals surface area contributed by atoms with Gasteiger partial charge in [-0.3, -0.25) is 14.4 Å². The van der Waals surface area contributed by atoms with Gasteiger partial charge in [-0.15, -0.1) is 46.4 Å². The lowest BCUT2D eigenvalue weighted by atomic mass is 9.98. The molecule has 16 nitrogen and oxygen atoms in total. The molecule has 6 unspecified atom stereocenters. The van der Waals surface area contributed by atoms with Crippen LogP contribution in [0.2, 0.25) is 0 Å². The van der Waals surface area contributed by atoms with E-state index in [0.29, 0.717) is 37.5 Å². The molecule has 77 heavy (non-hydrogen) atoms. The van der Waals surface area contributed by atoms with Crippen molar-refractivity contribution >= 4 is 116 Å². The molecule has 3 saturated carbocycles. The van der Waals surface area contributed by atoms with Crippen LogP contribution >= 0.6 is 46.4 Å². The fourth-order valence-corrected chi connectivity index (χ4v) is 14.3. The summed E-state index contributed by atoms with van der Waals surface area (Å²) in [5.41, 5.74) is -5.87. The van der Waals surface area contributed by atoms with Crippen molar-refractivity contribution in [2.75, 3.05) is 14.7 Å². The fraction of sp³-hybridized carbons (Fsp3) is 0.438. The van der Waals surface area contributed by atoms with Gasteiger partial charge in [-0.1, -0.05) is 18.2 Å². The zero-order valence-electron chi connectivity index (χ0n) is 38.3. The highest BCUT2D eigenvalue weighted by Gasteiger charge is 2.73. The van der Waals surface area contributed by atoms with Crippen LogP contribution in [0.3, 0.4) is 0 Å². The summed E-state index contributed by atoms with van der Waals surface area (Å²) in [6, 6.07) is 3.16. The molecule has 7 aliphatic heterocycles. The number of hydrogen-bond acceptors (Lipinski definition) is 7. The Morgan fingerprint density at radius 1 is 0.442 bits per heavy atom. The highest BCUT2D eigenvalue weighted by atomic mass is 35.5. The number of carbonyl (C=O) groups is 6. The number of hydrogen-bond donors (Lipinski definition) is 0. The molecule has 0 N–H and O–H groups in total. The molecular formula is C48H30Cl4F9N9O7. The van der Waals surface area contributed by atoms with E-state index in [1.54, 1.807) is 0 Å². The summed E-state index contributed by atoms with van der Waals surface area (Å²) in [7, 11) is 0. The number of amides is 9. The van der Waals surface area contributed by atoms with Crippen molar-refractivity contribution < 1.29 is 73.0 Å². The van der Waals surface area contributed by atoms with Gasteiger partial charge in [0, 0.05) is 17.8 Å². The zero-order chi connectivity index (χ0) is 55.6. The normalized spacial score (nSPS) is 33.7. The van der Waals surface area contributed by atoms with Gasteiger partial charge in [-0.05, 0) is 55.7 Å². The lowest BCUT2D eigenvalue weighted by molar-refractivity contribution is -0.137. The van der Waals surface area contributed by atoms with Crippen LogP contribution in [0.25, 0.3) is 14.5 Å². The number of epoxide rings is 1. The van der Waals surface area contributed by atoms with Gasteiger partial charge in [-0.2, -0.15) is 39.5 Å². The number of imide groups is 3. The van der Waals surface area contributed by atoms with E-state index in [1.165, 1.54) is 32.9 Å². The maximum Gasteiger partial charge on any atom is 0.407 e. The van der Waals surface area contributed by atoms with Crippen molar-refractivity contribution in [3.05, 3.63) is 106 Å². The standard InChI is InChI=1S/2C16H10Cl2F3N3O2.C16H10F3N3O3/c2*1-22-9-3-2-6(4-8(9)16(19,20)21)23-14(25)13-7-5-10(12(18)11(7)17)24(13)15(23)26;1-20-9-3-2-6(4-8(9)16(17,18)19)21-14(23)11-7-5-10(13-12(7)25-13)22(11)15(21)24/h2*2-4,7,10-13H,5H2;2-4,7,10-13H,5H2/t7?,10?,11-,12-,13+;7?,10?,11-,12-,13-;7?,10?,11-,12+,13-/m011/s1. The monoisotopic (exact) mass is 1160 g/mol. The van der Waals surface area contributed by atoms with Gasteiger partial charge in [0.15, 0.2) is 17.1 Å². The Labute approximate surface area is 448 Å². The molecule has 3 aliphatic carbocycles. The van der Waals surface area contributed by atoms with E-state index in [1.807, 2.05) is 0 Å². The largest absolute Gasteiger partial charge is 0.407 e. The fourth-order valence-electron chi connectivity index (χ4n) is 12.7. The third-order valence-corrected chi connectivity index (χ3v) is 18.5. The summed E-state index contributed by atoms with van der Waals surface area (Å²) in [6.07, 6.45) is -12.7. The number of halogens is 13. The molecule has 3 aromatic rings. The van der Waals surface area contributed by atoms with Gasteiger partial charge in [0.05, 0.1) is 99.2 Å². The summed E-state index contributed by atoms with van der Waals surface area (Å²) in [4.78, 5) is 91.4. The Morgan fingerprint density at radius 3 is 1.05 bits per heavy atom. The van der Waals surface area contributed by atoms with Crippen LogP contribution in [0.5, 0.6) is 0 Å². The minimum atomic E-state index is -4.78. The average molecular weight is 1160 g/mol. The van der Waals surface area contributed by atoms with Crippen molar-refractivity contribution in [1.29, 1.82) is 0 Å². The van der Waals surface area contributed by atoms with E-state index in [0.717, 1.165) is 32.9 Å². The van der Waals surface area contributed by atoms with Crippen LogP contribution in [0.15, 0.2) is 54.6 Å². The molecule has 15 atom stereocenters. The predicted molar refractivity (Wildman–Crippen MR) is 252 cm³/mol. The number of alkyl halides is 13. The molecule has 0 spiro atoms. The first-order chi connectivity index (χ1) is 36.2. The Bertz CT molecular complexity index is 3060. The van der Waals surface area contributed by atoms with E-state index in [4.69, 9.17) is 70.9 Å².